The van der Waals surface area contributed by atoms with Gasteiger partial charge in [0.25, 0.3) is 5.91 Å². The molecule has 3 N–H and O–H groups in total. The molecule has 1 heterocycles. The Morgan fingerprint density at radius 2 is 2.05 bits per heavy atom. The monoisotopic (exact) mass is 274 g/mol. The van der Waals surface area contributed by atoms with Crippen LogP contribution in [0.4, 0.5) is 5.00 Å². The molecule has 0 saturated heterocycles. The fourth-order valence-corrected chi connectivity index (χ4v) is 2.80. The van der Waals surface area contributed by atoms with E-state index >= 15 is 0 Å². The number of hydrogen-bond acceptors (Lipinski definition) is 3. The molecule has 0 atom stereocenters. The second-order valence-corrected chi connectivity index (χ2v) is 5.46. The lowest BCUT2D eigenvalue weighted by molar-refractivity contribution is 0.0957. The van der Waals surface area contributed by atoms with E-state index in [0.717, 1.165) is 11.1 Å². The van der Waals surface area contributed by atoms with Crippen molar-refractivity contribution < 1.29 is 4.79 Å². The Bertz CT molecular complexity index is 617. The molecule has 2 aromatic rings. The Morgan fingerprint density at radius 3 is 2.68 bits per heavy atom. The van der Waals surface area contributed by atoms with Crippen LogP contribution in [0.2, 0.25) is 0 Å². The van der Waals surface area contributed by atoms with Crippen LogP contribution < -0.4 is 11.1 Å². The molecule has 0 aliphatic carbocycles. The minimum Gasteiger partial charge on any atom is -0.390 e. The average Bonchev–Trinajstić information content (AvgIpc) is 2.75. The summed E-state index contributed by atoms with van der Waals surface area (Å²) in [5.41, 5.74) is 10.9. The third-order valence-corrected chi connectivity index (χ3v) is 4.01. The quantitative estimate of drug-likeness (QED) is 0.901. The summed E-state index contributed by atoms with van der Waals surface area (Å²) in [5, 5.41) is 5.33. The zero-order valence-electron chi connectivity index (χ0n) is 11.4. The van der Waals surface area contributed by atoms with Gasteiger partial charge in [-0.15, -0.1) is 11.3 Å². The maximum Gasteiger partial charge on any atom is 0.254 e. The van der Waals surface area contributed by atoms with Gasteiger partial charge in [-0.05, 0) is 37.5 Å². The first-order valence-electron chi connectivity index (χ1n) is 6.27. The summed E-state index contributed by atoms with van der Waals surface area (Å²) in [6.45, 7) is 6.64. The van der Waals surface area contributed by atoms with Gasteiger partial charge in [0.2, 0.25) is 0 Å². The van der Waals surface area contributed by atoms with Crippen LogP contribution in [0.25, 0.3) is 11.1 Å². The van der Waals surface area contributed by atoms with Crippen LogP contribution in [-0.2, 0) is 0 Å². The van der Waals surface area contributed by atoms with Crippen molar-refractivity contribution in [2.45, 2.75) is 20.8 Å². The summed E-state index contributed by atoms with van der Waals surface area (Å²) >= 11 is 1.41. The lowest BCUT2D eigenvalue weighted by Crippen LogP contribution is -2.23. The molecule has 100 valence electrons. The number of rotatable bonds is 3. The number of aryl methyl sites for hydroxylation is 2. The molecule has 0 radical (unpaired) electrons. The summed E-state index contributed by atoms with van der Waals surface area (Å²) in [5.74, 6) is -0.102. The van der Waals surface area contributed by atoms with Crippen molar-refractivity contribution in [3.8, 4) is 11.1 Å². The molecule has 1 amide bonds. The first kappa shape index (κ1) is 13.6. The van der Waals surface area contributed by atoms with Crippen LogP contribution in [0.15, 0.2) is 23.6 Å². The minimum atomic E-state index is -0.102. The van der Waals surface area contributed by atoms with E-state index in [1.54, 1.807) is 0 Å². The summed E-state index contributed by atoms with van der Waals surface area (Å²) < 4.78 is 0. The van der Waals surface area contributed by atoms with Crippen molar-refractivity contribution in [2.24, 2.45) is 0 Å². The van der Waals surface area contributed by atoms with Crippen molar-refractivity contribution in [1.29, 1.82) is 0 Å². The molecule has 0 bridgehead atoms. The van der Waals surface area contributed by atoms with Crippen molar-refractivity contribution in [3.63, 3.8) is 0 Å². The topological polar surface area (TPSA) is 55.1 Å². The molecular weight excluding hydrogens is 256 g/mol. The number of nitrogen functional groups attached to an aromatic ring is 1. The van der Waals surface area contributed by atoms with E-state index in [2.05, 4.69) is 31.3 Å². The number of benzene rings is 1. The van der Waals surface area contributed by atoms with Gasteiger partial charge in [-0.1, -0.05) is 18.2 Å². The first-order valence-corrected chi connectivity index (χ1v) is 7.15. The number of amides is 1. The molecule has 2 rings (SSSR count). The van der Waals surface area contributed by atoms with Gasteiger partial charge in [-0.3, -0.25) is 4.79 Å². The van der Waals surface area contributed by atoms with Crippen molar-refractivity contribution in [2.75, 3.05) is 12.3 Å². The van der Waals surface area contributed by atoms with Crippen LogP contribution in [0.3, 0.4) is 0 Å². The maximum absolute atomic E-state index is 12.1. The summed E-state index contributed by atoms with van der Waals surface area (Å²) in [6, 6.07) is 6.20. The maximum atomic E-state index is 12.1. The molecule has 0 unspecified atom stereocenters. The predicted octanol–water partition coefficient (Wildman–Crippen LogP) is 3.36. The lowest BCUT2D eigenvalue weighted by atomic mass is 9.99. The predicted molar refractivity (Wildman–Crippen MR) is 81.6 cm³/mol. The standard InChI is InChI=1S/C15H18N2OS/c1-4-17-15(18)13-12(8-19-14(13)16)11-6-5-9(2)10(3)7-11/h5-8H,4,16H2,1-3H3,(H,17,18). The molecule has 0 aliphatic heterocycles. The van der Waals surface area contributed by atoms with E-state index in [1.807, 2.05) is 18.4 Å². The van der Waals surface area contributed by atoms with Crippen molar-refractivity contribution in [3.05, 3.63) is 40.3 Å². The second-order valence-electron chi connectivity index (χ2n) is 4.55. The third kappa shape index (κ3) is 2.63. The zero-order valence-corrected chi connectivity index (χ0v) is 12.2. The fraction of sp³-hybridized carbons (Fsp3) is 0.267. The highest BCUT2D eigenvalue weighted by molar-refractivity contribution is 7.15. The van der Waals surface area contributed by atoms with Gasteiger partial charge in [0.15, 0.2) is 0 Å². The van der Waals surface area contributed by atoms with E-state index in [1.165, 1.54) is 22.5 Å². The van der Waals surface area contributed by atoms with Gasteiger partial charge < -0.3 is 11.1 Å². The number of nitrogens with one attached hydrogen (secondary N) is 1. The number of anilines is 1. The largest absolute Gasteiger partial charge is 0.390 e. The van der Waals surface area contributed by atoms with Gasteiger partial charge >= 0.3 is 0 Å². The Labute approximate surface area is 117 Å². The zero-order chi connectivity index (χ0) is 14.0. The Morgan fingerprint density at radius 1 is 1.32 bits per heavy atom. The molecule has 1 aromatic heterocycles. The van der Waals surface area contributed by atoms with Gasteiger partial charge in [0.1, 0.15) is 0 Å². The van der Waals surface area contributed by atoms with Crippen LogP contribution >= 0.6 is 11.3 Å². The van der Waals surface area contributed by atoms with Crippen molar-refractivity contribution >= 4 is 22.2 Å². The van der Waals surface area contributed by atoms with E-state index in [9.17, 15) is 4.79 Å². The molecule has 19 heavy (non-hydrogen) atoms. The smallest absolute Gasteiger partial charge is 0.254 e. The normalized spacial score (nSPS) is 10.5. The van der Waals surface area contributed by atoms with Gasteiger partial charge in [0, 0.05) is 17.5 Å². The van der Waals surface area contributed by atoms with Gasteiger partial charge in [-0.25, -0.2) is 0 Å². The first-order chi connectivity index (χ1) is 9.04. The summed E-state index contributed by atoms with van der Waals surface area (Å²) in [4.78, 5) is 12.1. The molecule has 4 heteroatoms. The Balaban J connectivity index is 2.50. The lowest BCUT2D eigenvalue weighted by Gasteiger charge is -2.08. The van der Waals surface area contributed by atoms with Crippen LogP contribution in [-0.4, -0.2) is 12.5 Å². The number of carbonyl (C=O) groups is 1. The van der Waals surface area contributed by atoms with E-state index in [-0.39, 0.29) is 5.91 Å². The Kier molecular flexibility index (Phi) is 3.90. The second kappa shape index (κ2) is 5.45. The van der Waals surface area contributed by atoms with Gasteiger partial charge in [-0.2, -0.15) is 0 Å². The molecule has 1 aromatic carbocycles. The highest BCUT2D eigenvalue weighted by atomic mass is 32.1. The van der Waals surface area contributed by atoms with E-state index in [0.29, 0.717) is 17.1 Å². The van der Waals surface area contributed by atoms with Crippen molar-refractivity contribution in [1.82, 2.24) is 5.32 Å². The Hall–Kier alpha value is -1.81. The molecule has 3 nitrogen and oxygen atoms in total. The highest BCUT2D eigenvalue weighted by Gasteiger charge is 2.18. The number of carbonyl (C=O) groups excluding carboxylic acids is 1. The SMILES string of the molecule is CCNC(=O)c1c(-c2ccc(C)c(C)c2)csc1N. The fourth-order valence-electron chi connectivity index (χ4n) is 1.98. The van der Waals surface area contributed by atoms with Crippen LogP contribution in [0, 0.1) is 13.8 Å². The van der Waals surface area contributed by atoms with E-state index in [4.69, 9.17) is 5.73 Å². The molecule has 0 spiro atoms. The summed E-state index contributed by atoms with van der Waals surface area (Å²) in [7, 11) is 0. The number of thiophene rings is 1. The molecule has 0 saturated carbocycles. The number of hydrogen-bond donors (Lipinski definition) is 2. The van der Waals surface area contributed by atoms with E-state index < -0.39 is 0 Å². The van der Waals surface area contributed by atoms with Crippen LogP contribution in [0.1, 0.15) is 28.4 Å². The third-order valence-electron chi connectivity index (χ3n) is 3.20. The highest BCUT2D eigenvalue weighted by Crippen LogP contribution is 2.34. The summed E-state index contributed by atoms with van der Waals surface area (Å²) in [6.07, 6.45) is 0. The van der Waals surface area contributed by atoms with Gasteiger partial charge in [0.05, 0.1) is 10.6 Å². The molecule has 0 aliphatic rings. The van der Waals surface area contributed by atoms with Crippen LogP contribution in [0.5, 0.6) is 0 Å². The minimum absolute atomic E-state index is 0.102. The molecular formula is C15H18N2OS. The number of nitrogens with two attached hydrogens (primary N) is 1. The molecule has 0 fully saturated rings. The average molecular weight is 274 g/mol.